The van der Waals surface area contributed by atoms with Crippen LogP contribution in [0.5, 0.6) is 0 Å². The van der Waals surface area contributed by atoms with E-state index in [0.29, 0.717) is 0 Å². The van der Waals surface area contributed by atoms with Crippen molar-refractivity contribution >= 4 is 5.52 Å². The monoisotopic (exact) mass is 284 g/mol. The van der Waals surface area contributed by atoms with E-state index in [1.165, 1.54) is 6.07 Å². The molecule has 5 heteroatoms. The lowest BCUT2D eigenvalue weighted by Crippen LogP contribution is -2.23. The quantitative estimate of drug-likeness (QED) is 0.783. The molecule has 2 heterocycles. The summed E-state index contributed by atoms with van der Waals surface area (Å²) in [6, 6.07) is 6.58. The molecule has 0 aliphatic rings. The van der Waals surface area contributed by atoms with Crippen LogP contribution in [0.1, 0.15) is 30.5 Å². The van der Waals surface area contributed by atoms with Crippen molar-refractivity contribution in [1.82, 2.24) is 19.9 Å². The number of halogens is 1. The third-order valence-electron chi connectivity index (χ3n) is 3.45. The summed E-state index contributed by atoms with van der Waals surface area (Å²) in [6.45, 7) is 2.95. The Morgan fingerprint density at radius 2 is 2.24 bits per heavy atom. The summed E-state index contributed by atoms with van der Waals surface area (Å²) in [5.41, 5.74) is 2.82. The predicted octanol–water partition coefficient (Wildman–Crippen LogP) is 2.96. The third-order valence-corrected chi connectivity index (χ3v) is 3.45. The summed E-state index contributed by atoms with van der Waals surface area (Å²) in [6.07, 6.45) is 8.10. The second-order valence-electron chi connectivity index (χ2n) is 4.95. The number of hydrogen-bond acceptors (Lipinski definition) is 3. The Hall–Kier alpha value is -2.27. The van der Waals surface area contributed by atoms with Gasteiger partial charge >= 0.3 is 0 Å². The van der Waals surface area contributed by atoms with Gasteiger partial charge in [0.1, 0.15) is 5.82 Å². The first-order valence-corrected chi connectivity index (χ1v) is 7.05. The summed E-state index contributed by atoms with van der Waals surface area (Å²) in [5, 5.41) is 7.80. The minimum absolute atomic E-state index is 0.0950. The molecular weight excluding hydrogens is 267 g/mol. The number of nitrogens with zero attached hydrogens (tertiary/aromatic N) is 3. The predicted molar refractivity (Wildman–Crippen MR) is 79.5 cm³/mol. The molecule has 0 saturated heterocycles. The van der Waals surface area contributed by atoms with Crippen molar-refractivity contribution in [2.24, 2.45) is 0 Å². The molecule has 108 valence electrons. The molecule has 1 N–H and O–H groups in total. The molecule has 1 unspecified atom stereocenters. The standard InChI is InChI=1S/C16H17FN4/c1-2-6-19-16(12-4-3-5-13(17)9-12)14-10-20-21-8-7-18-11-15(14)21/h3-5,7-11,16,19H,2,6H2,1H3. The fraction of sp³-hybridized carbons (Fsp3) is 0.250. The van der Waals surface area contributed by atoms with Gasteiger partial charge in [0.05, 0.1) is 24.0 Å². The Morgan fingerprint density at radius 3 is 3.05 bits per heavy atom. The van der Waals surface area contributed by atoms with Gasteiger partial charge in [0.2, 0.25) is 0 Å². The normalized spacial score (nSPS) is 12.7. The van der Waals surface area contributed by atoms with E-state index < -0.39 is 0 Å². The van der Waals surface area contributed by atoms with Gasteiger partial charge in [0.25, 0.3) is 0 Å². The van der Waals surface area contributed by atoms with Crippen LogP contribution >= 0.6 is 0 Å². The zero-order valence-corrected chi connectivity index (χ0v) is 11.8. The fourth-order valence-corrected chi connectivity index (χ4v) is 2.46. The molecule has 0 fully saturated rings. The summed E-state index contributed by atoms with van der Waals surface area (Å²) >= 11 is 0. The Kier molecular flexibility index (Phi) is 3.92. The van der Waals surface area contributed by atoms with E-state index in [1.54, 1.807) is 35.2 Å². The summed E-state index contributed by atoms with van der Waals surface area (Å²) < 4.78 is 15.3. The summed E-state index contributed by atoms with van der Waals surface area (Å²) in [7, 11) is 0. The second-order valence-corrected chi connectivity index (χ2v) is 4.95. The molecule has 0 aliphatic heterocycles. The molecule has 1 aromatic carbocycles. The van der Waals surface area contributed by atoms with Crippen LogP contribution in [-0.4, -0.2) is 21.1 Å². The topological polar surface area (TPSA) is 42.2 Å². The zero-order valence-electron chi connectivity index (χ0n) is 11.8. The molecule has 0 radical (unpaired) electrons. The molecule has 0 saturated carbocycles. The third kappa shape index (κ3) is 2.78. The fourth-order valence-electron chi connectivity index (χ4n) is 2.46. The number of rotatable bonds is 5. The molecule has 2 aromatic heterocycles. The maximum Gasteiger partial charge on any atom is 0.123 e. The number of benzene rings is 1. The largest absolute Gasteiger partial charge is 0.306 e. The maximum atomic E-state index is 13.5. The smallest absolute Gasteiger partial charge is 0.123 e. The second kappa shape index (κ2) is 6.01. The van der Waals surface area contributed by atoms with Crippen LogP contribution in [0.25, 0.3) is 5.52 Å². The average Bonchev–Trinajstić information content (AvgIpc) is 2.92. The van der Waals surface area contributed by atoms with Crippen molar-refractivity contribution < 1.29 is 4.39 Å². The van der Waals surface area contributed by atoms with E-state index in [-0.39, 0.29) is 11.9 Å². The van der Waals surface area contributed by atoms with Crippen molar-refractivity contribution in [3.63, 3.8) is 0 Å². The molecular formula is C16H17FN4. The molecule has 0 bridgehead atoms. The molecule has 4 nitrogen and oxygen atoms in total. The minimum atomic E-state index is -0.231. The molecule has 3 rings (SSSR count). The Bertz CT molecular complexity index is 738. The zero-order chi connectivity index (χ0) is 14.7. The summed E-state index contributed by atoms with van der Waals surface area (Å²) in [5.74, 6) is -0.231. The Morgan fingerprint density at radius 1 is 1.33 bits per heavy atom. The van der Waals surface area contributed by atoms with Crippen LogP contribution < -0.4 is 5.32 Å². The highest BCUT2D eigenvalue weighted by Crippen LogP contribution is 2.25. The highest BCUT2D eigenvalue weighted by atomic mass is 19.1. The van der Waals surface area contributed by atoms with Gasteiger partial charge in [0.15, 0.2) is 0 Å². The van der Waals surface area contributed by atoms with Gasteiger partial charge in [-0.05, 0) is 30.7 Å². The van der Waals surface area contributed by atoms with Crippen LogP contribution in [0.3, 0.4) is 0 Å². The van der Waals surface area contributed by atoms with Crippen LogP contribution in [0.2, 0.25) is 0 Å². The lowest BCUT2D eigenvalue weighted by molar-refractivity contribution is 0.587. The number of hydrogen-bond donors (Lipinski definition) is 1. The molecule has 1 atom stereocenters. The van der Waals surface area contributed by atoms with Gasteiger partial charge in [-0.2, -0.15) is 5.10 Å². The Balaban J connectivity index is 2.06. The maximum absolute atomic E-state index is 13.5. The Labute approximate surface area is 122 Å². The lowest BCUT2D eigenvalue weighted by atomic mass is 10.00. The van der Waals surface area contributed by atoms with Crippen LogP contribution in [0.4, 0.5) is 4.39 Å². The summed E-state index contributed by atoms with van der Waals surface area (Å²) in [4.78, 5) is 4.16. The molecule has 3 aromatic rings. The first-order valence-electron chi connectivity index (χ1n) is 7.05. The molecule has 21 heavy (non-hydrogen) atoms. The van der Waals surface area contributed by atoms with Gasteiger partial charge < -0.3 is 5.32 Å². The highest BCUT2D eigenvalue weighted by molar-refractivity contribution is 5.55. The van der Waals surface area contributed by atoms with Crippen molar-refractivity contribution in [2.75, 3.05) is 6.54 Å². The highest BCUT2D eigenvalue weighted by Gasteiger charge is 2.18. The number of fused-ring (bicyclic) bond motifs is 1. The van der Waals surface area contributed by atoms with E-state index in [1.807, 2.05) is 12.3 Å². The van der Waals surface area contributed by atoms with E-state index in [0.717, 1.165) is 29.6 Å². The SMILES string of the molecule is CCCNC(c1cccc(F)c1)c1cnn2ccncc12. The molecule has 0 spiro atoms. The van der Waals surface area contributed by atoms with E-state index in [9.17, 15) is 4.39 Å². The van der Waals surface area contributed by atoms with Crippen molar-refractivity contribution in [3.05, 3.63) is 66.0 Å². The van der Waals surface area contributed by atoms with E-state index >= 15 is 0 Å². The van der Waals surface area contributed by atoms with Gasteiger partial charge in [-0.15, -0.1) is 0 Å². The number of aromatic nitrogens is 3. The first kappa shape index (κ1) is 13.7. The van der Waals surface area contributed by atoms with Gasteiger partial charge in [0, 0.05) is 18.0 Å². The average molecular weight is 284 g/mol. The van der Waals surface area contributed by atoms with E-state index in [2.05, 4.69) is 22.3 Å². The van der Waals surface area contributed by atoms with Crippen LogP contribution in [0.15, 0.2) is 49.1 Å². The van der Waals surface area contributed by atoms with Crippen molar-refractivity contribution in [3.8, 4) is 0 Å². The van der Waals surface area contributed by atoms with Crippen LogP contribution in [-0.2, 0) is 0 Å². The minimum Gasteiger partial charge on any atom is -0.306 e. The molecule has 0 aliphatic carbocycles. The lowest BCUT2D eigenvalue weighted by Gasteiger charge is -2.18. The molecule has 0 amide bonds. The van der Waals surface area contributed by atoms with Crippen molar-refractivity contribution in [2.45, 2.75) is 19.4 Å². The van der Waals surface area contributed by atoms with Gasteiger partial charge in [-0.25, -0.2) is 8.91 Å². The van der Waals surface area contributed by atoms with Crippen LogP contribution in [0, 0.1) is 5.82 Å². The van der Waals surface area contributed by atoms with E-state index in [4.69, 9.17) is 0 Å². The first-order chi connectivity index (χ1) is 10.3. The van der Waals surface area contributed by atoms with Gasteiger partial charge in [-0.3, -0.25) is 4.98 Å². The number of nitrogens with one attached hydrogen (secondary N) is 1. The van der Waals surface area contributed by atoms with Crippen molar-refractivity contribution in [1.29, 1.82) is 0 Å². The van der Waals surface area contributed by atoms with Gasteiger partial charge in [-0.1, -0.05) is 19.1 Å².